The second kappa shape index (κ2) is 10.4. The number of rotatable bonds is 8. The lowest BCUT2D eigenvalue weighted by Gasteiger charge is -2.08. The number of hydrogen-bond donors (Lipinski definition) is 0. The van der Waals surface area contributed by atoms with Crippen LogP contribution in [0.4, 0.5) is 0 Å². The molecule has 1 aromatic carbocycles. The second-order valence-corrected chi connectivity index (χ2v) is 5.33. The quantitative estimate of drug-likeness (QED) is 0.464. The van der Waals surface area contributed by atoms with Crippen LogP contribution in [0.3, 0.4) is 0 Å². The highest BCUT2D eigenvalue weighted by Gasteiger charge is 2.01. The van der Waals surface area contributed by atoms with E-state index in [1.807, 2.05) is 0 Å². The molecule has 0 aromatic heterocycles. The van der Waals surface area contributed by atoms with Gasteiger partial charge >= 0.3 is 0 Å². The number of ether oxygens (including phenoxy) is 1. The third-order valence-electron chi connectivity index (χ3n) is 3.26. The highest BCUT2D eigenvalue weighted by Crippen LogP contribution is 2.15. The van der Waals surface area contributed by atoms with Crippen molar-refractivity contribution >= 4 is 0 Å². The van der Waals surface area contributed by atoms with Crippen LogP contribution in [-0.2, 0) is 6.42 Å². The highest BCUT2D eigenvalue weighted by molar-refractivity contribution is 5.28. The first-order valence-electron chi connectivity index (χ1n) is 7.96. The summed E-state index contributed by atoms with van der Waals surface area (Å²) in [6, 6.07) is 8.47. The summed E-state index contributed by atoms with van der Waals surface area (Å²) in [5.41, 5.74) is 1.33. The van der Waals surface area contributed by atoms with Crippen LogP contribution in [-0.4, -0.2) is 6.61 Å². The molecule has 0 fully saturated rings. The molecular weight excluding hydrogens is 244 g/mol. The molecule has 0 spiro atoms. The van der Waals surface area contributed by atoms with E-state index in [0.717, 1.165) is 31.6 Å². The largest absolute Gasteiger partial charge is 0.494 e. The zero-order valence-corrected chi connectivity index (χ0v) is 13.2. The Morgan fingerprint density at radius 3 is 2.45 bits per heavy atom. The van der Waals surface area contributed by atoms with Crippen molar-refractivity contribution in [2.45, 2.75) is 59.3 Å². The Bertz CT molecular complexity index is 408. The smallest absolute Gasteiger partial charge is 0.119 e. The van der Waals surface area contributed by atoms with Gasteiger partial charge in [-0.1, -0.05) is 58.1 Å². The Morgan fingerprint density at radius 2 is 1.80 bits per heavy atom. The molecule has 110 valence electrons. The molecule has 20 heavy (non-hydrogen) atoms. The van der Waals surface area contributed by atoms with Crippen molar-refractivity contribution in [1.29, 1.82) is 0 Å². The van der Waals surface area contributed by atoms with Crippen LogP contribution in [0, 0.1) is 17.8 Å². The van der Waals surface area contributed by atoms with Gasteiger partial charge in [0, 0.05) is 12.3 Å². The van der Waals surface area contributed by atoms with Gasteiger partial charge in [-0.15, -0.1) is 5.92 Å². The Hall–Kier alpha value is -1.42. The predicted molar refractivity (Wildman–Crippen MR) is 87.0 cm³/mol. The minimum Gasteiger partial charge on any atom is -0.494 e. The fraction of sp³-hybridized carbons (Fsp3) is 0.579. The van der Waals surface area contributed by atoms with Gasteiger partial charge in [0.15, 0.2) is 0 Å². The van der Waals surface area contributed by atoms with Crippen molar-refractivity contribution in [2.75, 3.05) is 6.61 Å². The van der Waals surface area contributed by atoms with Gasteiger partial charge in [0.1, 0.15) is 5.75 Å². The summed E-state index contributed by atoms with van der Waals surface area (Å²) in [5, 5.41) is 0. The first-order valence-corrected chi connectivity index (χ1v) is 7.96. The molecule has 0 aliphatic heterocycles. The maximum atomic E-state index is 5.75. The summed E-state index contributed by atoms with van der Waals surface area (Å²) in [7, 11) is 0. The Kier molecular flexibility index (Phi) is 8.63. The molecule has 1 aromatic rings. The summed E-state index contributed by atoms with van der Waals surface area (Å²) in [6.07, 6.45) is 6.95. The van der Waals surface area contributed by atoms with Gasteiger partial charge in [0.05, 0.1) is 6.61 Å². The zero-order chi connectivity index (χ0) is 14.6. The van der Waals surface area contributed by atoms with E-state index in [2.05, 4.69) is 56.9 Å². The van der Waals surface area contributed by atoms with Crippen molar-refractivity contribution in [3.05, 3.63) is 29.8 Å². The lowest BCUT2D eigenvalue weighted by atomic mass is 10.0. The summed E-state index contributed by atoms with van der Waals surface area (Å²) in [6.45, 7) is 7.33. The van der Waals surface area contributed by atoms with Crippen LogP contribution < -0.4 is 4.74 Å². The lowest BCUT2D eigenvalue weighted by molar-refractivity contribution is 0.305. The van der Waals surface area contributed by atoms with Crippen LogP contribution >= 0.6 is 0 Å². The third-order valence-corrected chi connectivity index (χ3v) is 3.26. The average Bonchev–Trinajstić information content (AvgIpc) is 2.46. The van der Waals surface area contributed by atoms with Gasteiger partial charge in [-0.05, 0) is 30.5 Å². The maximum absolute atomic E-state index is 5.75. The standard InChI is InChI=1S/C19H28O/c1-4-6-8-9-15-20-19-13-11-18(12-14-19)16-17(3)10-7-5-2/h11-14,17H,4-6,8-9,15-16H2,1-3H3. The molecule has 0 radical (unpaired) electrons. The van der Waals surface area contributed by atoms with E-state index in [4.69, 9.17) is 4.74 Å². The van der Waals surface area contributed by atoms with Crippen LogP contribution in [0.2, 0.25) is 0 Å². The van der Waals surface area contributed by atoms with Crippen LogP contribution in [0.25, 0.3) is 0 Å². The minimum atomic E-state index is 0.427. The second-order valence-electron chi connectivity index (χ2n) is 5.33. The molecule has 1 rings (SSSR count). The normalized spacial score (nSPS) is 11.6. The van der Waals surface area contributed by atoms with Gasteiger partial charge in [0.2, 0.25) is 0 Å². The summed E-state index contributed by atoms with van der Waals surface area (Å²) < 4.78 is 5.75. The summed E-state index contributed by atoms with van der Waals surface area (Å²) in [4.78, 5) is 0. The summed E-state index contributed by atoms with van der Waals surface area (Å²) in [5.74, 6) is 7.83. The van der Waals surface area contributed by atoms with E-state index in [1.165, 1.54) is 24.8 Å². The first kappa shape index (κ1) is 16.6. The van der Waals surface area contributed by atoms with Crippen molar-refractivity contribution in [3.8, 4) is 17.6 Å². The molecule has 1 nitrogen and oxygen atoms in total. The van der Waals surface area contributed by atoms with Crippen LogP contribution in [0.5, 0.6) is 5.75 Å². The Morgan fingerprint density at radius 1 is 1.05 bits per heavy atom. The van der Waals surface area contributed by atoms with Gasteiger partial charge in [0.25, 0.3) is 0 Å². The molecule has 1 heteroatoms. The van der Waals surface area contributed by atoms with Crippen molar-refractivity contribution in [1.82, 2.24) is 0 Å². The number of unbranched alkanes of at least 4 members (excludes halogenated alkanes) is 3. The molecule has 1 unspecified atom stereocenters. The van der Waals surface area contributed by atoms with E-state index >= 15 is 0 Å². The number of hydrogen-bond acceptors (Lipinski definition) is 1. The van der Waals surface area contributed by atoms with Crippen LogP contribution in [0.1, 0.15) is 58.4 Å². The van der Waals surface area contributed by atoms with E-state index in [0.29, 0.717) is 5.92 Å². The van der Waals surface area contributed by atoms with Gasteiger partial charge in [-0.3, -0.25) is 0 Å². The van der Waals surface area contributed by atoms with Gasteiger partial charge in [-0.2, -0.15) is 0 Å². The number of benzene rings is 1. The third kappa shape index (κ3) is 7.24. The lowest BCUT2D eigenvalue weighted by Crippen LogP contribution is -1.99. The fourth-order valence-corrected chi connectivity index (χ4v) is 2.12. The molecule has 0 heterocycles. The van der Waals surface area contributed by atoms with Gasteiger partial charge < -0.3 is 4.74 Å². The zero-order valence-electron chi connectivity index (χ0n) is 13.2. The molecule has 0 saturated heterocycles. The minimum absolute atomic E-state index is 0.427. The molecular formula is C19H28O. The fourth-order valence-electron chi connectivity index (χ4n) is 2.12. The molecule has 0 N–H and O–H groups in total. The summed E-state index contributed by atoms with van der Waals surface area (Å²) >= 11 is 0. The van der Waals surface area contributed by atoms with E-state index in [-0.39, 0.29) is 0 Å². The van der Waals surface area contributed by atoms with E-state index in [9.17, 15) is 0 Å². The topological polar surface area (TPSA) is 9.23 Å². The highest BCUT2D eigenvalue weighted by atomic mass is 16.5. The van der Waals surface area contributed by atoms with Crippen molar-refractivity contribution < 1.29 is 4.74 Å². The molecule has 0 bridgehead atoms. The van der Waals surface area contributed by atoms with Crippen LogP contribution in [0.15, 0.2) is 24.3 Å². The van der Waals surface area contributed by atoms with E-state index < -0.39 is 0 Å². The van der Waals surface area contributed by atoms with E-state index in [1.54, 1.807) is 0 Å². The van der Waals surface area contributed by atoms with Crippen molar-refractivity contribution in [3.63, 3.8) is 0 Å². The molecule has 0 amide bonds. The molecule has 0 aliphatic carbocycles. The molecule has 1 atom stereocenters. The van der Waals surface area contributed by atoms with Crippen molar-refractivity contribution in [2.24, 2.45) is 5.92 Å². The molecule has 0 aliphatic rings. The average molecular weight is 272 g/mol. The SMILES string of the molecule is CCC#CC(C)Cc1ccc(OCCCCCC)cc1. The Labute approximate surface area is 124 Å². The van der Waals surface area contributed by atoms with Gasteiger partial charge in [-0.25, -0.2) is 0 Å². The predicted octanol–water partition coefficient (Wildman–Crippen LogP) is 5.24. The maximum Gasteiger partial charge on any atom is 0.119 e. The molecule has 0 saturated carbocycles. The first-order chi connectivity index (χ1) is 9.76. The monoisotopic (exact) mass is 272 g/mol. The Balaban J connectivity index is 2.32.